The molecule has 0 saturated carbocycles. The molecule has 0 radical (unpaired) electrons. The van der Waals surface area contributed by atoms with E-state index in [1.54, 1.807) is 36.4 Å². The van der Waals surface area contributed by atoms with Gasteiger partial charge in [-0.15, -0.1) is 0 Å². The van der Waals surface area contributed by atoms with Gasteiger partial charge in [-0.3, -0.25) is 20.2 Å². The second kappa shape index (κ2) is 5.26. The fraction of sp³-hybridized carbons (Fsp3) is 0.0769. The van der Waals surface area contributed by atoms with E-state index < -0.39 is 9.85 Å². The van der Waals surface area contributed by atoms with Crippen LogP contribution in [-0.2, 0) is 6.42 Å². The second-order valence-corrected chi connectivity index (χ2v) is 3.95. The Labute approximate surface area is 108 Å². The van der Waals surface area contributed by atoms with Gasteiger partial charge in [0.15, 0.2) is 0 Å². The first-order valence-electron chi connectivity index (χ1n) is 5.54. The van der Waals surface area contributed by atoms with E-state index in [0.29, 0.717) is 11.1 Å². The van der Waals surface area contributed by atoms with E-state index in [0.717, 1.165) is 0 Å². The molecule has 0 unspecified atom stereocenters. The Morgan fingerprint density at radius 2 is 1.11 bits per heavy atom. The van der Waals surface area contributed by atoms with E-state index in [9.17, 15) is 20.2 Å². The highest BCUT2D eigenvalue weighted by atomic mass is 16.6. The van der Waals surface area contributed by atoms with E-state index in [1.807, 2.05) is 0 Å². The third kappa shape index (κ3) is 2.74. The minimum atomic E-state index is -0.482. The standard InChI is InChI=1S/C13H10N2O4/c16-14(17)12-7-3-1-5-10(12)9-11-6-2-4-8-13(11)15(18)19/h1-8H,9H2. The molecule has 0 aliphatic carbocycles. The Morgan fingerprint density at radius 1 is 0.737 bits per heavy atom. The molecule has 2 aromatic carbocycles. The van der Waals surface area contributed by atoms with Crippen molar-refractivity contribution in [2.75, 3.05) is 0 Å². The first-order chi connectivity index (χ1) is 9.09. The van der Waals surface area contributed by atoms with Gasteiger partial charge in [0.05, 0.1) is 9.85 Å². The van der Waals surface area contributed by atoms with Gasteiger partial charge in [0.2, 0.25) is 0 Å². The maximum absolute atomic E-state index is 10.9. The van der Waals surface area contributed by atoms with Crippen LogP contribution in [0.25, 0.3) is 0 Å². The summed E-state index contributed by atoms with van der Waals surface area (Å²) < 4.78 is 0. The molecule has 0 spiro atoms. The molecule has 6 nitrogen and oxygen atoms in total. The van der Waals surface area contributed by atoms with Crippen LogP contribution in [0.15, 0.2) is 48.5 Å². The average molecular weight is 258 g/mol. The molecule has 0 amide bonds. The number of hydrogen-bond donors (Lipinski definition) is 0. The Hall–Kier alpha value is -2.76. The van der Waals surface area contributed by atoms with Crippen LogP contribution in [0.3, 0.4) is 0 Å². The van der Waals surface area contributed by atoms with Crippen molar-refractivity contribution in [3.8, 4) is 0 Å². The number of nitro benzene ring substituents is 2. The summed E-state index contributed by atoms with van der Waals surface area (Å²) in [4.78, 5) is 20.8. The lowest BCUT2D eigenvalue weighted by Gasteiger charge is -2.04. The Bertz CT molecular complexity index is 585. The van der Waals surface area contributed by atoms with Gasteiger partial charge in [-0.1, -0.05) is 36.4 Å². The summed E-state index contributed by atoms with van der Waals surface area (Å²) in [5, 5.41) is 21.8. The quantitative estimate of drug-likeness (QED) is 0.622. The monoisotopic (exact) mass is 258 g/mol. The van der Waals surface area contributed by atoms with Crippen LogP contribution in [-0.4, -0.2) is 9.85 Å². The van der Waals surface area contributed by atoms with Crippen molar-refractivity contribution in [3.05, 3.63) is 79.9 Å². The van der Waals surface area contributed by atoms with Crippen LogP contribution in [0.2, 0.25) is 0 Å². The van der Waals surface area contributed by atoms with Crippen molar-refractivity contribution < 1.29 is 9.85 Å². The predicted octanol–water partition coefficient (Wildman–Crippen LogP) is 3.09. The van der Waals surface area contributed by atoms with Crippen LogP contribution in [0.1, 0.15) is 11.1 Å². The lowest BCUT2D eigenvalue weighted by atomic mass is 10.0. The van der Waals surface area contributed by atoms with Crippen LogP contribution in [0.4, 0.5) is 11.4 Å². The normalized spacial score (nSPS) is 10.1. The van der Waals surface area contributed by atoms with Gasteiger partial charge in [0, 0.05) is 29.7 Å². The van der Waals surface area contributed by atoms with Crippen molar-refractivity contribution >= 4 is 11.4 Å². The molecular formula is C13H10N2O4. The molecule has 0 atom stereocenters. The Morgan fingerprint density at radius 3 is 1.47 bits per heavy atom. The SMILES string of the molecule is O=[N+]([O-])c1ccccc1Cc1ccccc1[N+](=O)[O-]. The maximum Gasteiger partial charge on any atom is 0.272 e. The minimum Gasteiger partial charge on any atom is -0.258 e. The minimum absolute atomic E-state index is 0.0272. The summed E-state index contributed by atoms with van der Waals surface area (Å²) in [7, 11) is 0. The van der Waals surface area contributed by atoms with E-state index in [2.05, 4.69) is 0 Å². The van der Waals surface area contributed by atoms with Crippen LogP contribution in [0.5, 0.6) is 0 Å². The molecule has 0 aliphatic heterocycles. The number of para-hydroxylation sites is 2. The van der Waals surface area contributed by atoms with Gasteiger partial charge in [-0.2, -0.15) is 0 Å². The molecule has 0 N–H and O–H groups in total. The number of benzene rings is 2. The molecular weight excluding hydrogens is 248 g/mol. The molecule has 0 saturated heterocycles. The van der Waals surface area contributed by atoms with Crippen molar-refractivity contribution in [1.82, 2.24) is 0 Å². The highest BCUT2D eigenvalue weighted by molar-refractivity contribution is 5.48. The number of nitrogens with zero attached hydrogens (tertiary/aromatic N) is 2. The topological polar surface area (TPSA) is 86.3 Å². The highest BCUT2D eigenvalue weighted by Crippen LogP contribution is 2.25. The zero-order chi connectivity index (χ0) is 13.8. The van der Waals surface area contributed by atoms with E-state index >= 15 is 0 Å². The summed E-state index contributed by atoms with van der Waals surface area (Å²) in [5.41, 5.74) is 0.866. The summed E-state index contributed by atoms with van der Waals surface area (Å²) in [6, 6.07) is 12.5. The van der Waals surface area contributed by atoms with Crippen molar-refractivity contribution in [1.29, 1.82) is 0 Å². The summed E-state index contributed by atoms with van der Waals surface area (Å²) in [6.07, 6.45) is 0.161. The molecule has 0 aromatic heterocycles. The first kappa shape index (κ1) is 12.7. The van der Waals surface area contributed by atoms with Gasteiger partial charge in [0.1, 0.15) is 0 Å². The van der Waals surface area contributed by atoms with Crippen molar-refractivity contribution in [2.45, 2.75) is 6.42 Å². The third-order valence-corrected chi connectivity index (χ3v) is 2.76. The largest absolute Gasteiger partial charge is 0.272 e. The van der Waals surface area contributed by atoms with Crippen LogP contribution in [0, 0.1) is 20.2 Å². The molecule has 19 heavy (non-hydrogen) atoms. The van der Waals surface area contributed by atoms with Gasteiger partial charge in [-0.25, -0.2) is 0 Å². The Kier molecular flexibility index (Phi) is 3.51. The predicted molar refractivity (Wildman–Crippen MR) is 69.0 cm³/mol. The summed E-state index contributed by atoms with van der Waals surface area (Å²) >= 11 is 0. The first-order valence-corrected chi connectivity index (χ1v) is 5.54. The van der Waals surface area contributed by atoms with E-state index in [4.69, 9.17) is 0 Å². The third-order valence-electron chi connectivity index (χ3n) is 2.76. The van der Waals surface area contributed by atoms with E-state index in [1.165, 1.54) is 12.1 Å². The fourth-order valence-corrected chi connectivity index (χ4v) is 1.88. The molecule has 0 bridgehead atoms. The van der Waals surface area contributed by atoms with Crippen LogP contribution < -0.4 is 0 Å². The summed E-state index contributed by atoms with van der Waals surface area (Å²) in [5.74, 6) is 0. The van der Waals surface area contributed by atoms with Crippen LogP contribution >= 0.6 is 0 Å². The van der Waals surface area contributed by atoms with Gasteiger partial charge in [-0.05, 0) is 0 Å². The molecule has 2 aromatic rings. The fourth-order valence-electron chi connectivity index (χ4n) is 1.88. The maximum atomic E-state index is 10.9. The highest BCUT2D eigenvalue weighted by Gasteiger charge is 2.17. The molecule has 6 heteroatoms. The Balaban J connectivity index is 2.42. The number of nitro groups is 2. The molecule has 0 heterocycles. The number of rotatable bonds is 4. The second-order valence-electron chi connectivity index (χ2n) is 3.95. The molecule has 0 aliphatic rings. The van der Waals surface area contributed by atoms with Crippen molar-refractivity contribution in [2.24, 2.45) is 0 Å². The zero-order valence-corrected chi connectivity index (χ0v) is 9.85. The van der Waals surface area contributed by atoms with Crippen molar-refractivity contribution in [3.63, 3.8) is 0 Å². The van der Waals surface area contributed by atoms with Gasteiger partial charge < -0.3 is 0 Å². The molecule has 0 fully saturated rings. The summed E-state index contributed by atoms with van der Waals surface area (Å²) in [6.45, 7) is 0. The smallest absolute Gasteiger partial charge is 0.258 e. The molecule has 96 valence electrons. The lowest BCUT2D eigenvalue weighted by Crippen LogP contribution is -1.99. The zero-order valence-electron chi connectivity index (χ0n) is 9.85. The van der Waals surface area contributed by atoms with Gasteiger partial charge in [0.25, 0.3) is 11.4 Å². The molecule has 2 rings (SSSR count). The lowest BCUT2D eigenvalue weighted by molar-refractivity contribution is -0.386. The van der Waals surface area contributed by atoms with E-state index in [-0.39, 0.29) is 17.8 Å². The van der Waals surface area contributed by atoms with Gasteiger partial charge >= 0.3 is 0 Å². The average Bonchev–Trinajstić information content (AvgIpc) is 2.39. The number of hydrogen-bond acceptors (Lipinski definition) is 4.